The van der Waals surface area contributed by atoms with Gasteiger partial charge in [0.25, 0.3) is 0 Å². The van der Waals surface area contributed by atoms with Crippen LogP contribution in [0.2, 0.25) is 0 Å². The summed E-state index contributed by atoms with van der Waals surface area (Å²) in [5.41, 5.74) is 1.62. The lowest BCUT2D eigenvalue weighted by Gasteiger charge is -2.13. The third kappa shape index (κ3) is 6.10. The van der Waals surface area contributed by atoms with Crippen LogP contribution in [-0.2, 0) is 11.2 Å². The first-order chi connectivity index (χ1) is 13.9. The minimum Gasteiger partial charge on any atom is -0.507 e. The van der Waals surface area contributed by atoms with E-state index in [1.54, 1.807) is 49.6 Å². The van der Waals surface area contributed by atoms with Crippen molar-refractivity contribution in [3.8, 4) is 23.0 Å². The molecule has 0 heterocycles. The average molecular weight is 727 g/mol. The van der Waals surface area contributed by atoms with E-state index in [4.69, 9.17) is 9.47 Å². The Kier molecular flexibility index (Phi) is 7.85. The molecule has 5 nitrogen and oxygen atoms in total. The maximum atomic E-state index is 12.4. The minimum atomic E-state index is -0.0940. The molecule has 29 heavy (non-hydrogen) atoms. The highest BCUT2D eigenvalue weighted by Crippen LogP contribution is 2.35. The fraction of sp³-hybridized carbons (Fsp3) is 0.0952. The zero-order chi connectivity index (χ0) is 21.0. The Morgan fingerprint density at radius 1 is 0.931 bits per heavy atom. The first-order valence-electron chi connectivity index (χ1n) is 8.44. The number of carbonyl (C=O) groups excluding carboxylic acids is 1. The van der Waals surface area contributed by atoms with Crippen LogP contribution in [0.25, 0.3) is 0 Å². The summed E-state index contributed by atoms with van der Waals surface area (Å²) in [6.07, 6.45) is 0.259. The van der Waals surface area contributed by atoms with Gasteiger partial charge >= 0.3 is 0 Å². The molecule has 0 bridgehead atoms. The fourth-order valence-electron chi connectivity index (χ4n) is 2.55. The standard InChI is InChI=1S/C21H16I3NO4/c1-28-14-4-2-13(3-5-14)25-20(27)10-12-8-17(23)21(18(24)9-12)29-15-6-7-19(26)16(22)11-15/h2-9,11,26H,10H2,1H3,(H,25,27). The smallest absolute Gasteiger partial charge is 0.228 e. The summed E-state index contributed by atoms with van der Waals surface area (Å²) in [5, 5.41) is 12.6. The summed E-state index contributed by atoms with van der Waals surface area (Å²) in [6.45, 7) is 0. The number of phenols is 1. The number of nitrogens with one attached hydrogen (secondary N) is 1. The molecule has 0 saturated heterocycles. The second kappa shape index (κ2) is 10.2. The number of rotatable bonds is 6. The number of hydrogen-bond acceptors (Lipinski definition) is 4. The minimum absolute atomic E-state index is 0.0940. The lowest BCUT2D eigenvalue weighted by molar-refractivity contribution is -0.115. The van der Waals surface area contributed by atoms with Gasteiger partial charge in [0.2, 0.25) is 5.91 Å². The van der Waals surface area contributed by atoms with Crippen LogP contribution in [0.4, 0.5) is 5.69 Å². The highest BCUT2D eigenvalue weighted by molar-refractivity contribution is 14.1. The van der Waals surface area contributed by atoms with E-state index in [-0.39, 0.29) is 18.1 Å². The molecular weight excluding hydrogens is 711 g/mol. The average Bonchev–Trinajstić information content (AvgIpc) is 2.68. The SMILES string of the molecule is COc1ccc(NC(=O)Cc2cc(I)c(Oc3ccc(O)c(I)c3)c(I)c2)cc1. The van der Waals surface area contributed by atoms with Gasteiger partial charge in [-0.05, 0) is 128 Å². The number of hydrogen-bond donors (Lipinski definition) is 2. The van der Waals surface area contributed by atoms with Crippen LogP contribution in [-0.4, -0.2) is 18.1 Å². The molecule has 2 N–H and O–H groups in total. The normalized spacial score (nSPS) is 10.5. The lowest BCUT2D eigenvalue weighted by Crippen LogP contribution is -2.14. The van der Waals surface area contributed by atoms with E-state index >= 15 is 0 Å². The van der Waals surface area contributed by atoms with Crippen molar-refractivity contribution < 1.29 is 19.4 Å². The highest BCUT2D eigenvalue weighted by Gasteiger charge is 2.13. The van der Waals surface area contributed by atoms with E-state index in [9.17, 15) is 9.90 Å². The summed E-state index contributed by atoms with van der Waals surface area (Å²) < 4.78 is 13.7. The predicted octanol–water partition coefficient (Wildman–Crippen LogP) is 6.19. The molecule has 0 fully saturated rings. The van der Waals surface area contributed by atoms with E-state index in [1.165, 1.54) is 0 Å². The van der Waals surface area contributed by atoms with Crippen LogP contribution in [0.15, 0.2) is 54.6 Å². The molecule has 0 aliphatic carbocycles. The molecule has 0 aliphatic rings. The van der Waals surface area contributed by atoms with Gasteiger partial charge in [-0.1, -0.05) is 0 Å². The number of phenolic OH excluding ortho intramolecular Hbond substituents is 1. The maximum Gasteiger partial charge on any atom is 0.228 e. The lowest BCUT2D eigenvalue weighted by atomic mass is 10.1. The van der Waals surface area contributed by atoms with E-state index in [1.807, 2.05) is 12.1 Å². The largest absolute Gasteiger partial charge is 0.507 e. The highest BCUT2D eigenvalue weighted by atomic mass is 127. The Balaban J connectivity index is 1.70. The van der Waals surface area contributed by atoms with Crippen molar-refractivity contribution in [3.05, 3.63) is 70.9 Å². The van der Waals surface area contributed by atoms with Gasteiger partial charge in [0, 0.05) is 5.69 Å². The Labute approximate surface area is 209 Å². The van der Waals surface area contributed by atoms with Gasteiger partial charge in [0.1, 0.15) is 17.2 Å². The predicted molar refractivity (Wildman–Crippen MR) is 138 cm³/mol. The van der Waals surface area contributed by atoms with Gasteiger partial charge in [-0.25, -0.2) is 0 Å². The van der Waals surface area contributed by atoms with Crippen LogP contribution < -0.4 is 14.8 Å². The molecule has 0 atom stereocenters. The summed E-state index contributed by atoms with van der Waals surface area (Å²) >= 11 is 6.47. The van der Waals surface area contributed by atoms with Gasteiger partial charge in [-0.15, -0.1) is 0 Å². The van der Waals surface area contributed by atoms with Crippen LogP contribution >= 0.6 is 67.8 Å². The van der Waals surface area contributed by atoms with E-state index in [2.05, 4.69) is 73.1 Å². The number of anilines is 1. The molecule has 3 rings (SSSR count). The van der Waals surface area contributed by atoms with E-state index in [0.29, 0.717) is 5.75 Å². The molecule has 8 heteroatoms. The fourth-order valence-corrected chi connectivity index (χ4v) is 5.15. The maximum absolute atomic E-state index is 12.4. The number of aromatic hydroxyl groups is 1. The zero-order valence-corrected chi connectivity index (χ0v) is 21.7. The molecule has 150 valence electrons. The number of ether oxygens (including phenoxy) is 2. The molecule has 1 amide bonds. The number of amides is 1. The Bertz CT molecular complexity index is 1020. The van der Waals surface area contributed by atoms with Crippen molar-refractivity contribution in [1.29, 1.82) is 0 Å². The molecule has 0 saturated carbocycles. The summed E-state index contributed by atoms with van der Waals surface area (Å²) in [7, 11) is 1.60. The van der Waals surface area contributed by atoms with Crippen molar-refractivity contribution in [2.24, 2.45) is 0 Å². The van der Waals surface area contributed by atoms with Crippen LogP contribution in [0.5, 0.6) is 23.0 Å². The third-order valence-corrected chi connectivity index (χ3v) is 6.40. The summed E-state index contributed by atoms with van der Waals surface area (Å²) in [5.74, 6) is 2.25. The van der Waals surface area contributed by atoms with Crippen molar-refractivity contribution in [2.75, 3.05) is 12.4 Å². The van der Waals surface area contributed by atoms with Crippen molar-refractivity contribution in [2.45, 2.75) is 6.42 Å². The second-order valence-corrected chi connectivity index (χ2v) is 9.54. The van der Waals surface area contributed by atoms with Gasteiger partial charge < -0.3 is 19.9 Å². The Hall–Kier alpha value is -1.28. The molecule has 0 spiro atoms. The number of halogens is 3. The molecule has 0 radical (unpaired) electrons. The Morgan fingerprint density at radius 2 is 1.55 bits per heavy atom. The first-order valence-corrected chi connectivity index (χ1v) is 11.7. The molecule has 3 aromatic rings. The summed E-state index contributed by atoms with van der Waals surface area (Å²) in [6, 6.07) is 16.2. The summed E-state index contributed by atoms with van der Waals surface area (Å²) in [4.78, 5) is 12.4. The van der Waals surface area contributed by atoms with Crippen LogP contribution in [0.3, 0.4) is 0 Å². The molecule has 3 aromatic carbocycles. The topological polar surface area (TPSA) is 67.8 Å². The third-order valence-electron chi connectivity index (χ3n) is 3.94. The monoisotopic (exact) mass is 727 g/mol. The van der Waals surface area contributed by atoms with Gasteiger partial charge in [-0.2, -0.15) is 0 Å². The van der Waals surface area contributed by atoms with E-state index < -0.39 is 0 Å². The van der Waals surface area contributed by atoms with Crippen LogP contribution in [0, 0.1) is 10.7 Å². The van der Waals surface area contributed by atoms with Crippen molar-refractivity contribution >= 4 is 79.4 Å². The van der Waals surface area contributed by atoms with Crippen LogP contribution in [0.1, 0.15) is 5.56 Å². The Morgan fingerprint density at radius 3 is 2.14 bits per heavy atom. The molecule has 0 unspecified atom stereocenters. The second-order valence-electron chi connectivity index (χ2n) is 6.06. The zero-order valence-electron chi connectivity index (χ0n) is 15.2. The molecular formula is C21H16I3NO4. The quantitative estimate of drug-likeness (QED) is 0.298. The molecule has 0 aromatic heterocycles. The van der Waals surface area contributed by atoms with Gasteiger partial charge in [0.05, 0.1) is 24.2 Å². The van der Waals surface area contributed by atoms with Crippen molar-refractivity contribution in [3.63, 3.8) is 0 Å². The number of methoxy groups -OCH3 is 1. The number of carbonyl (C=O) groups is 1. The van der Waals surface area contributed by atoms with Gasteiger partial charge in [0.15, 0.2) is 5.75 Å². The first kappa shape index (κ1) is 22.4. The van der Waals surface area contributed by atoms with Gasteiger partial charge in [-0.3, -0.25) is 4.79 Å². The molecule has 0 aliphatic heterocycles. The number of benzene rings is 3. The van der Waals surface area contributed by atoms with E-state index in [0.717, 1.165) is 33.5 Å². The van der Waals surface area contributed by atoms with Crippen molar-refractivity contribution in [1.82, 2.24) is 0 Å².